The topological polar surface area (TPSA) is 92.1 Å². The normalized spacial score (nSPS) is 10.9. The minimum absolute atomic E-state index is 0.0249. The smallest absolute Gasteiger partial charge is 0.304 e. The molecule has 3 rings (SSSR count). The largest absolute Gasteiger partial charge is 0.443 e. The molecule has 0 unspecified atom stereocenters. The highest BCUT2D eigenvalue weighted by molar-refractivity contribution is 6.30. The highest BCUT2D eigenvalue weighted by Gasteiger charge is 2.06. The predicted molar refractivity (Wildman–Crippen MR) is 103 cm³/mol. The summed E-state index contributed by atoms with van der Waals surface area (Å²) in [7, 11) is 1.66. The molecular formula is C18H17ClN6O2. The van der Waals surface area contributed by atoms with Crippen molar-refractivity contribution in [1.29, 1.82) is 0 Å². The second kappa shape index (κ2) is 8.41. The number of nitrogens with zero attached hydrogens (tertiary/aromatic N) is 5. The third kappa shape index (κ3) is 5.11. The maximum atomic E-state index is 10.8. The van der Waals surface area contributed by atoms with Crippen LogP contribution in [0.2, 0.25) is 5.02 Å². The van der Waals surface area contributed by atoms with Gasteiger partial charge in [0.05, 0.1) is 11.2 Å². The van der Waals surface area contributed by atoms with Gasteiger partial charge in [0.1, 0.15) is 12.1 Å². The van der Waals surface area contributed by atoms with Gasteiger partial charge in [-0.1, -0.05) is 22.9 Å². The first-order valence-electron chi connectivity index (χ1n) is 8.05. The Labute approximate surface area is 160 Å². The average Bonchev–Trinajstić information content (AvgIpc) is 2.65. The van der Waals surface area contributed by atoms with E-state index in [0.717, 1.165) is 16.6 Å². The molecule has 1 aromatic heterocycles. The van der Waals surface area contributed by atoms with Crippen molar-refractivity contribution in [1.82, 2.24) is 15.0 Å². The van der Waals surface area contributed by atoms with Gasteiger partial charge in [0.25, 0.3) is 0 Å². The first-order valence-corrected chi connectivity index (χ1v) is 8.42. The van der Waals surface area contributed by atoms with Gasteiger partial charge in [-0.25, -0.2) is 15.0 Å². The summed E-state index contributed by atoms with van der Waals surface area (Å²) >= 11 is 6.03. The molecule has 9 heteroatoms. The van der Waals surface area contributed by atoms with Crippen LogP contribution in [0, 0.1) is 0 Å². The van der Waals surface area contributed by atoms with E-state index < -0.39 is 0 Å². The molecule has 0 aliphatic heterocycles. The number of hydrogen-bond donors (Lipinski definition) is 1. The average molecular weight is 385 g/mol. The first kappa shape index (κ1) is 18.5. The van der Waals surface area contributed by atoms with E-state index in [-0.39, 0.29) is 12.7 Å². The monoisotopic (exact) mass is 384 g/mol. The summed E-state index contributed by atoms with van der Waals surface area (Å²) in [6, 6.07) is 12.8. The number of carbonyl (C=O) groups is 1. The Kier molecular flexibility index (Phi) is 5.77. The lowest BCUT2D eigenvalue weighted by atomic mass is 10.2. The van der Waals surface area contributed by atoms with Crippen LogP contribution in [0.15, 0.2) is 59.1 Å². The van der Waals surface area contributed by atoms with Gasteiger partial charge in [-0.2, -0.15) is 0 Å². The lowest BCUT2D eigenvalue weighted by molar-refractivity contribution is -0.145. The number of carbonyl (C=O) groups excluding carboxylic acids is 1. The fourth-order valence-electron chi connectivity index (χ4n) is 2.25. The molecular weight excluding hydrogens is 368 g/mol. The molecule has 0 saturated carbocycles. The molecule has 8 nitrogen and oxygen atoms in total. The number of benzene rings is 2. The molecule has 0 aliphatic rings. The van der Waals surface area contributed by atoms with Gasteiger partial charge in [-0.15, -0.1) is 5.11 Å². The van der Waals surface area contributed by atoms with Gasteiger partial charge >= 0.3 is 5.97 Å². The van der Waals surface area contributed by atoms with Crippen molar-refractivity contribution in [3.8, 4) is 0 Å². The van der Waals surface area contributed by atoms with Gasteiger partial charge < -0.3 is 10.1 Å². The molecule has 0 amide bonds. The van der Waals surface area contributed by atoms with Crippen molar-refractivity contribution in [3.63, 3.8) is 0 Å². The van der Waals surface area contributed by atoms with Crippen LogP contribution in [0.25, 0.3) is 10.9 Å². The van der Waals surface area contributed by atoms with Crippen molar-refractivity contribution >= 4 is 45.7 Å². The predicted octanol–water partition coefficient (Wildman–Crippen LogP) is 4.48. The molecule has 0 saturated heterocycles. The number of nitrogens with one attached hydrogen (secondary N) is 1. The van der Waals surface area contributed by atoms with Gasteiger partial charge in [0.2, 0.25) is 0 Å². The molecule has 138 valence electrons. The van der Waals surface area contributed by atoms with Crippen LogP contribution < -0.4 is 5.32 Å². The Morgan fingerprint density at radius 1 is 1.26 bits per heavy atom. The molecule has 27 heavy (non-hydrogen) atoms. The lowest BCUT2D eigenvalue weighted by Gasteiger charge is -2.11. The van der Waals surface area contributed by atoms with E-state index in [9.17, 15) is 4.79 Å². The number of ether oxygens (including phenoxy) is 1. The standard InChI is InChI=1S/C18H17ClN6O2/c1-12(26)27-11-25(2)24-23-15-6-7-17-16(9-15)18(21-10-20-17)22-14-5-3-4-13(19)8-14/h3-10H,11H2,1-2H3,(H,20,21,22)/b24-23+. The van der Waals surface area contributed by atoms with Gasteiger partial charge in [-0.3, -0.25) is 4.79 Å². The van der Waals surface area contributed by atoms with Crippen LogP contribution in [0.5, 0.6) is 0 Å². The van der Waals surface area contributed by atoms with E-state index in [4.69, 9.17) is 16.3 Å². The minimum Gasteiger partial charge on any atom is -0.443 e. The van der Waals surface area contributed by atoms with Crippen molar-refractivity contribution < 1.29 is 9.53 Å². The van der Waals surface area contributed by atoms with E-state index in [2.05, 4.69) is 25.6 Å². The van der Waals surface area contributed by atoms with Gasteiger partial charge in [-0.05, 0) is 36.4 Å². The summed E-state index contributed by atoms with van der Waals surface area (Å²) in [5, 5.41) is 14.2. The molecule has 3 aromatic rings. The van der Waals surface area contributed by atoms with Gasteiger partial charge in [0, 0.05) is 30.1 Å². The zero-order chi connectivity index (χ0) is 19.2. The minimum atomic E-state index is -0.378. The molecule has 0 radical (unpaired) electrons. The van der Waals surface area contributed by atoms with Crippen LogP contribution in [-0.2, 0) is 9.53 Å². The molecule has 0 aliphatic carbocycles. The zero-order valence-corrected chi connectivity index (χ0v) is 15.5. The third-order valence-electron chi connectivity index (χ3n) is 3.47. The SMILES string of the molecule is CC(=O)OCN(C)/N=N/c1ccc2ncnc(Nc3cccc(Cl)c3)c2c1. The van der Waals surface area contributed by atoms with E-state index >= 15 is 0 Å². The fraction of sp³-hybridized carbons (Fsp3) is 0.167. The van der Waals surface area contributed by atoms with Crippen molar-refractivity contribution in [2.45, 2.75) is 6.92 Å². The summed E-state index contributed by atoms with van der Waals surface area (Å²) in [6.07, 6.45) is 1.49. The number of halogens is 1. The van der Waals surface area contributed by atoms with Crippen LogP contribution >= 0.6 is 11.6 Å². The summed E-state index contributed by atoms with van der Waals surface area (Å²) in [5.41, 5.74) is 2.19. The third-order valence-corrected chi connectivity index (χ3v) is 3.71. The van der Waals surface area contributed by atoms with Gasteiger partial charge in [0.15, 0.2) is 6.73 Å². The quantitative estimate of drug-likeness (QED) is 0.291. The number of hydrogen-bond acceptors (Lipinski definition) is 7. The summed E-state index contributed by atoms with van der Waals surface area (Å²) < 4.78 is 4.85. The summed E-state index contributed by atoms with van der Waals surface area (Å²) in [5.74, 6) is 0.254. The number of anilines is 2. The molecule has 2 aromatic carbocycles. The van der Waals surface area contributed by atoms with Crippen LogP contribution in [0.1, 0.15) is 6.92 Å². The fourth-order valence-corrected chi connectivity index (χ4v) is 2.44. The Balaban J connectivity index is 1.84. The van der Waals surface area contributed by atoms with E-state index in [1.807, 2.05) is 30.3 Å². The van der Waals surface area contributed by atoms with Crippen molar-refractivity contribution in [3.05, 3.63) is 53.8 Å². The highest BCUT2D eigenvalue weighted by Crippen LogP contribution is 2.27. The second-order valence-corrected chi connectivity index (χ2v) is 6.11. The van der Waals surface area contributed by atoms with E-state index in [0.29, 0.717) is 16.5 Å². The van der Waals surface area contributed by atoms with E-state index in [1.54, 1.807) is 19.2 Å². The molecule has 1 N–H and O–H groups in total. The molecule has 0 atom stereocenters. The second-order valence-electron chi connectivity index (χ2n) is 5.67. The number of rotatable bonds is 6. The Bertz CT molecular complexity index is 995. The zero-order valence-electron chi connectivity index (χ0n) is 14.8. The molecule has 0 spiro atoms. The number of fused-ring (bicyclic) bond motifs is 1. The maximum Gasteiger partial charge on any atom is 0.304 e. The molecule has 1 heterocycles. The van der Waals surface area contributed by atoms with Crippen LogP contribution in [0.4, 0.5) is 17.2 Å². The van der Waals surface area contributed by atoms with Crippen LogP contribution in [0.3, 0.4) is 0 Å². The summed E-state index contributed by atoms with van der Waals surface area (Å²) in [6.45, 7) is 1.36. The molecule has 0 bridgehead atoms. The van der Waals surface area contributed by atoms with Crippen molar-refractivity contribution in [2.75, 3.05) is 19.1 Å². The Morgan fingerprint density at radius 2 is 2.11 bits per heavy atom. The van der Waals surface area contributed by atoms with Crippen molar-refractivity contribution in [2.24, 2.45) is 10.3 Å². The number of esters is 1. The van der Waals surface area contributed by atoms with E-state index in [1.165, 1.54) is 18.3 Å². The first-order chi connectivity index (χ1) is 13.0. The maximum absolute atomic E-state index is 10.8. The number of aromatic nitrogens is 2. The van der Waals surface area contributed by atoms with Crippen LogP contribution in [-0.4, -0.2) is 34.7 Å². The Hall–Kier alpha value is -3.26. The summed E-state index contributed by atoms with van der Waals surface area (Å²) in [4.78, 5) is 19.4. The lowest BCUT2D eigenvalue weighted by Crippen LogP contribution is -2.16. The Morgan fingerprint density at radius 3 is 2.89 bits per heavy atom. The molecule has 0 fully saturated rings. The highest BCUT2D eigenvalue weighted by atomic mass is 35.5.